The van der Waals surface area contributed by atoms with Crippen molar-refractivity contribution in [2.24, 2.45) is 0 Å². The first-order valence-corrected chi connectivity index (χ1v) is 7.84. The number of benzene rings is 1. The van der Waals surface area contributed by atoms with E-state index in [9.17, 15) is 13.6 Å². The number of carbonyl (C=O) groups is 1. The lowest BCUT2D eigenvalue weighted by molar-refractivity contribution is 0.0240. The number of anilines is 1. The van der Waals surface area contributed by atoms with Crippen LogP contribution < -0.4 is 4.90 Å². The smallest absolute Gasteiger partial charge is 0.410 e. The maximum Gasteiger partial charge on any atom is 0.410 e. The fraction of sp³-hybridized carbons (Fsp3) is 0.533. The lowest BCUT2D eigenvalue weighted by atomic mass is 10.2. The SMILES string of the molecule is CC(C)(C)OC(=O)N1CCN(c2cc(F)c(Br)c(F)c2)CC1. The van der Waals surface area contributed by atoms with Crippen molar-refractivity contribution >= 4 is 27.7 Å². The van der Waals surface area contributed by atoms with E-state index in [1.54, 1.807) is 4.90 Å². The van der Waals surface area contributed by atoms with E-state index >= 15 is 0 Å². The van der Waals surface area contributed by atoms with Gasteiger partial charge in [0.25, 0.3) is 0 Å². The van der Waals surface area contributed by atoms with E-state index in [0.717, 1.165) is 0 Å². The fourth-order valence-electron chi connectivity index (χ4n) is 2.20. The summed E-state index contributed by atoms with van der Waals surface area (Å²) in [7, 11) is 0. The molecule has 122 valence electrons. The molecule has 0 spiro atoms. The molecule has 4 nitrogen and oxygen atoms in total. The van der Waals surface area contributed by atoms with Gasteiger partial charge >= 0.3 is 6.09 Å². The minimum atomic E-state index is -0.635. The van der Waals surface area contributed by atoms with Crippen LogP contribution in [0.5, 0.6) is 0 Å². The van der Waals surface area contributed by atoms with Crippen molar-refractivity contribution in [2.75, 3.05) is 31.1 Å². The number of nitrogens with zero attached hydrogens (tertiary/aromatic N) is 2. The molecule has 0 atom stereocenters. The van der Waals surface area contributed by atoms with Gasteiger partial charge in [0.1, 0.15) is 17.2 Å². The molecule has 0 bridgehead atoms. The standard InChI is InChI=1S/C15H19BrF2N2O2/c1-15(2,3)22-14(21)20-6-4-19(5-7-20)10-8-11(17)13(16)12(18)9-10/h8-9H,4-7H2,1-3H3. The van der Waals surface area contributed by atoms with Gasteiger partial charge in [-0.2, -0.15) is 0 Å². The summed E-state index contributed by atoms with van der Waals surface area (Å²) in [5, 5.41) is 0. The van der Waals surface area contributed by atoms with Crippen LogP contribution in [0.4, 0.5) is 19.3 Å². The zero-order valence-corrected chi connectivity index (χ0v) is 14.4. The zero-order valence-electron chi connectivity index (χ0n) is 12.8. The van der Waals surface area contributed by atoms with Crippen molar-refractivity contribution in [3.63, 3.8) is 0 Å². The molecule has 7 heteroatoms. The lowest BCUT2D eigenvalue weighted by Gasteiger charge is -2.36. The molecule has 2 rings (SSSR count). The highest BCUT2D eigenvalue weighted by atomic mass is 79.9. The van der Waals surface area contributed by atoms with E-state index in [0.29, 0.717) is 31.9 Å². The summed E-state index contributed by atoms with van der Waals surface area (Å²) in [4.78, 5) is 15.4. The number of hydrogen-bond donors (Lipinski definition) is 0. The van der Waals surface area contributed by atoms with E-state index in [1.807, 2.05) is 25.7 Å². The first-order chi connectivity index (χ1) is 10.2. The van der Waals surface area contributed by atoms with Crippen LogP contribution in [0.1, 0.15) is 20.8 Å². The molecule has 1 saturated heterocycles. The molecular weight excluding hydrogens is 358 g/mol. The van der Waals surface area contributed by atoms with Crippen LogP contribution in [0.2, 0.25) is 0 Å². The number of rotatable bonds is 1. The minimum Gasteiger partial charge on any atom is -0.444 e. The Morgan fingerprint density at radius 1 is 1.14 bits per heavy atom. The number of carbonyl (C=O) groups excluding carboxylic acids is 1. The third-order valence-electron chi connectivity index (χ3n) is 3.27. The molecular formula is C15H19BrF2N2O2. The summed E-state index contributed by atoms with van der Waals surface area (Å²) in [6, 6.07) is 2.58. The highest BCUT2D eigenvalue weighted by molar-refractivity contribution is 9.10. The summed E-state index contributed by atoms with van der Waals surface area (Å²) in [6.45, 7) is 7.35. The second-order valence-electron chi connectivity index (χ2n) is 6.18. The van der Waals surface area contributed by atoms with Crippen LogP contribution in [0.15, 0.2) is 16.6 Å². The maximum absolute atomic E-state index is 13.6. The first kappa shape index (κ1) is 17.0. The Balaban J connectivity index is 1.99. The molecule has 0 aliphatic carbocycles. The van der Waals surface area contributed by atoms with Gasteiger partial charge in [0, 0.05) is 31.9 Å². The second-order valence-corrected chi connectivity index (χ2v) is 6.97. The van der Waals surface area contributed by atoms with Gasteiger partial charge in [-0.3, -0.25) is 0 Å². The van der Waals surface area contributed by atoms with Gasteiger partial charge in [-0.05, 0) is 48.8 Å². The topological polar surface area (TPSA) is 32.8 Å². The Morgan fingerprint density at radius 3 is 2.09 bits per heavy atom. The van der Waals surface area contributed by atoms with Crippen LogP contribution in [-0.4, -0.2) is 42.8 Å². The Kier molecular flexibility index (Phi) is 4.94. The third kappa shape index (κ3) is 4.09. The summed E-state index contributed by atoms with van der Waals surface area (Å²) < 4.78 is 32.3. The van der Waals surface area contributed by atoms with Crippen molar-refractivity contribution < 1.29 is 18.3 Å². The molecule has 1 amide bonds. The predicted molar refractivity (Wildman–Crippen MR) is 84.1 cm³/mol. The molecule has 0 aromatic heterocycles. The number of amides is 1. The Bertz CT molecular complexity index is 544. The molecule has 22 heavy (non-hydrogen) atoms. The minimum absolute atomic E-state index is 0.163. The molecule has 1 fully saturated rings. The van der Waals surface area contributed by atoms with Crippen molar-refractivity contribution in [2.45, 2.75) is 26.4 Å². The number of halogens is 3. The molecule has 0 N–H and O–H groups in total. The molecule has 0 unspecified atom stereocenters. The van der Waals surface area contributed by atoms with Crippen molar-refractivity contribution in [3.05, 3.63) is 28.2 Å². The summed E-state index contributed by atoms with van der Waals surface area (Å²) >= 11 is 2.86. The van der Waals surface area contributed by atoms with Gasteiger partial charge in [-0.25, -0.2) is 13.6 Å². The average molecular weight is 377 g/mol. The van der Waals surface area contributed by atoms with E-state index in [1.165, 1.54) is 12.1 Å². The highest BCUT2D eigenvalue weighted by Crippen LogP contribution is 2.26. The first-order valence-electron chi connectivity index (χ1n) is 7.05. The Hall–Kier alpha value is -1.37. The number of piperazine rings is 1. The van der Waals surface area contributed by atoms with E-state index < -0.39 is 17.2 Å². The molecule has 0 radical (unpaired) electrons. The van der Waals surface area contributed by atoms with Crippen LogP contribution in [0.25, 0.3) is 0 Å². The molecule has 1 aromatic carbocycles. The van der Waals surface area contributed by atoms with E-state index in [4.69, 9.17) is 4.74 Å². The van der Waals surface area contributed by atoms with Crippen LogP contribution in [0.3, 0.4) is 0 Å². The molecule has 1 aromatic rings. The largest absolute Gasteiger partial charge is 0.444 e. The summed E-state index contributed by atoms with van der Waals surface area (Å²) in [5.74, 6) is -1.27. The van der Waals surface area contributed by atoms with Gasteiger partial charge in [0.2, 0.25) is 0 Å². The Morgan fingerprint density at radius 2 is 1.64 bits per heavy atom. The molecule has 1 heterocycles. The van der Waals surface area contributed by atoms with Gasteiger partial charge in [-0.1, -0.05) is 0 Å². The molecule has 1 aliphatic rings. The zero-order chi connectivity index (χ0) is 16.5. The quantitative estimate of drug-likeness (QED) is 0.699. The number of ether oxygens (including phenoxy) is 1. The third-order valence-corrected chi connectivity index (χ3v) is 4.02. The van der Waals surface area contributed by atoms with Crippen molar-refractivity contribution in [3.8, 4) is 0 Å². The van der Waals surface area contributed by atoms with Crippen molar-refractivity contribution in [1.82, 2.24) is 4.90 Å². The lowest BCUT2D eigenvalue weighted by Crippen LogP contribution is -2.50. The van der Waals surface area contributed by atoms with Gasteiger partial charge < -0.3 is 14.5 Å². The average Bonchev–Trinajstić information content (AvgIpc) is 2.42. The van der Waals surface area contributed by atoms with Crippen LogP contribution in [-0.2, 0) is 4.74 Å². The van der Waals surface area contributed by atoms with E-state index in [2.05, 4.69) is 15.9 Å². The van der Waals surface area contributed by atoms with E-state index in [-0.39, 0.29) is 10.6 Å². The maximum atomic E-state index is 13.6. The van der Waals surface area contributed by atoms with Gasteiger partial charge in [0.15, 0.2) is 0 Å². The predicted octanol–water partition coefficient (Wildman–Crippen LogP) is 3.78. The highest BCUT2D eigenvalue weighted by Gasteiger charge is 2.26. The van der Waals surface area contributed by atoms with Crippen LogP contribution >= 0.6 is 15.9 Å². The monoisotopic (exact) mass is 376 g/mol. The van der Waals surface area contributed by atoms with Gasteiger partial charge in [0.05, 0.1) is 4.47 Å². The normalized spacial score (nSPS) is 15.9. The second kappa shape index (κ2) is 6.40. The Labute approximate surface area is 137 Å². The van der Waals surface area contributed by atoms with Crippen LogP contribution in [0, 0.1) is 11.6 Å². The van der Waals surface area contributed by atoms with Gasteiger partial charge in [-0.15, -0.1) is 0 Å². The fourth-order valence-corrected chi connectivity index (χ4v) is 2.43. The summed E-state index contributed by atoms with van der Waals surface area (Å²) in [6.07, 6.45) is -0.361. The molecule has 0 saturated carbocycles. The van der Waals surface area contributed by atoms with Crippen molar-refractivity contribution in [1.29, 1.82) is 0 Å². The molecule has 1 aliphatic heterocycles. The number of hydrogen-bond acceptors (Lipinski definition) is 3. The summed E-state index contributed by atoms with van der Waals surface area (Å²) in [5.41, 5.74) is -0.0614.